The Bertz CT molecular complexity index is 959. The largest absolute Gasteiger partial charge is 0.419 e. The van der Waals surface area contributed by atoms with Gasteiger partial charge in [0.1, 0.15) is 0 Å². The second-order valence-electron chi connectivity index (χ2n) is 4.84. The smallest absolute Gasteiger partial charge is 0.408 e. The summed E-state index contributed by atoms with van der Waals surface area (Å²) in [4.78, 5) is 35.9. The summed E-state index contributed by atoms with van der Waals surface area (Å²) < 4.78 is 7.30. The summed E-state index contributed by atoms with van der Waals surface area (Å²) in [6, 6.07) is 10.4. The first-order valence-electron chi connectivity index (χ1n) is 6.97. The van der Waals surface area contributed by atoms with Crippen LogP contribution in [0.2, 0.25) is 0 Å². The fourth-order valence-corrected chi connectivity index (χ4v) is 3.41. The van der Waals surface area contributed by atoms with E-state index < -0.39 is 17.6 Å². The Labute approximate surface area is 148 Å². The quantitative estimate of drug-likeness (QED) is 0.646. The molecule has 0 radical (unpaired) electrons. The van der Waals surface area contributed by atoms with Crippen LogP contribution in [0.25, 0.3) is 11.1 Å². The maximum Gasteiger partial charge on any atom is 0.419 e. The first kappa shape index (κ1) is 16.5. The Kier molecular flexibility index (Phi) is 4.81. The van der Waals surface area contributed by atoms with Crippen molar-refractivity contribution >= 4 is 50.2 Å². The van der Waals surface area contributed by atoms with Crippen molar-refractivity contribution in [2.75, 3.05) is 0 Å². The van der Waals surface area contributed by atoms with Crippen molar-refractivity contribution in [2.24, 2.45) is 0 Å². The van der Waals surface area contributed by atoms with E-state index in [1.807, 2.05) is 0 Å². The van der Waals surface area contributed by atoms with Crippen LogP contribution in [-0.2, 0) is 11.3 Å². The fourth-order valence-electron chi connectivity index (χ4n) is 2.13. The van der Waals surface area contributed by atoms with E-state index in [1.165, 1.54) is 15.9 Å². The molecule has 0 spiro atoms. The molecule has 24 heavy (non-hydrogen) atoms. The molecule has 0 fully saturated rings. The number of benzene rings is 1. The lowest BCUT2D eigenvalue weighted by Crippen LogP contribution is -2.41. The minimum absolute atomic E-state index is 0.0256. The molecule has 9 heteroatoms. The van der Waals surface area contributed by atoms with Crippen molar-refractivity contribution in [2.45, 2.75) is 13.0 Å². The SMILES string of the molecule is O=C(CCn1c(=O)oc2ccccc21)NNC(=O)c1ccc(Br)s1. The van der Waals surface area contributed by atoms with Gasteiger partial charge in [0.2, 0.25) is 5.91 Å². The monoisotopic (exact) mass is 409 g/mol. The molecule has 3 aromatic rings. The Morgan fingerprint density at radius 2 is 1.96 bits per heavy atom. The van der Waals surface area contributed by atoms with Crippen LogP contribution in [0.5, 0.6) is 0 Å². The number of halogens is 1. The number of amides is 2. The second kappa shape index (κ2) is 7.02. The number of hydrogen-bond acceptors (Lipinski definition) is 5. The number of nitrogens with zero attached hydrogens (tertiary/aromatic N) is 1. The van der Waals surface area contributed by atoms with Gasteiger partial charge < -0.3 is 4.42 Å². The topological polar surface area (TPSA) is 93.3 Å². The van der Waals surface area contributed by atoms with Gasteiger partial charge in [-0.05, 0) is 40.2 Å². The number of nitrogens with one attached hydrogen (secondary N) is 2. The van der Waals surface area contributed by atoms with Crippen LogP contribution in [0.1, 0.15) is 16.1 Å². The van der Waals surface area contributed by atoms with E-state index in [1.54, 1.807) is 36.4 Å². The van der Waals surface area contributed by atoms with Gasteiger partial charge in [-0.15, -0.1) is 11.3 Å². The Balaban J connectivity index is 1.56. The van der Waals surface area contributed by atoms with Crippen LogP contribution >= 0.6 is 27.3 Å². The molecule has 0 aliphatic heterocycles. The number of carbonyl (C=O) groups excluding carboxylic acids is 2. The van der Waals surface area contributed by atoms with Gasteiger partial charge in [-0.2, -0.15) is 0 Å². The third-order valence-corrected chi connectivity index (χ3v) is 4.87. The number of fused-ring (bicyclic) bond motifs is 1. The lowest BCUT2D eigenvalue weighted by molar-refractivity contribution is -0.122. The van der Waals surface area contributed by atoms with E-state index in [9.17, 15) is 14.4 Å². The van der Waals surface area contributed by atoms with E-state index in [-0.39, 0.29) is 13.0 Å². The van der Waals surface area contributed by atoms with Crippen LogP contribution < -0.4 is 16.6 Å². The first-order valence-corrected chi connectivity index (χ1v) is 8.58. The molecule has 3 rings (SSSR count). The van der Waals surface area contributed by atoms with Gasteiger partial charge in [0.25, 0.3) is 5.91 Å². The van der Waals surface area contributed by atoms with Crippen molar-refractivity contribution in [3.8, 4) is 0 Å². The third kappa shape index (κ3) is 3.57. The maximum atomic E-state index is 11.8. The van der Waals surface area contributed by atoms with Gasteiger partial charge in [-0.25, -0.2) is 4.79 Å². The molecule has 0 aliphatic carbocycles. The predicted molar refractivity (Wildman–Crippen MR) is 92.7 cm³/mol. The molecule has 1 aromatic carbocycles. The summed E-state index contributed by atoms with van der Waals surface area (Å²) in [5.74, 6) is -1.32. The van der Waals surface area contributed by atoms with Crippen molar-refractivity contribution in [1.82, 2.24) is 15.4 Å². The summed E-state index contributed by atoms with van der Waals surface area (Å²) >= 11 is 4.52. The highest BCUT2D eigenvalue weighted by atomic mass is 79.9. The molecule has 2 heterocycles. The molecular weight excluding hydrogens is 398 g/mol. The fraction of sp³-hybridized carbons (Fsp3) is 0.133. The average Bonchev–Trinajstić information content (AvgIpc) is 3.13. The third-order valence-electron chi connectivity index (χ3n) is 3.25. The van der Waals surface area contributed by atoms with Crippen LogP contribution in [0.3, 0.4) is 0 Å². The molecule has 0 saturated carbocycles. The lowest BCUT2D eigenvalue weighted by atomic mass is 10.3. The standard InChI is InChI=1S/C15H12BrN3O4S/c16-12-6-5-11(24-12)14(21)18-17-13(20)7-8-19-9-3-1-2-4-10(9)23-15(19)22/h1-6H,7-8H2,(H,17,20)(H,18,21). The van der Waals surface area contributed by atoms with Crippen LogP contribution in [0.4, 0.5) is 0 Å². The van der Waals surface area contributed by atoms with Crippen molar-refractivity contribution < 1.29 is 14.0 Å². The molecule has 2 aromatic heterocycles. The maximum absolute atomic E-state index is 11.8. The van der Waals surface area contributed by atoms with Crippen molar-refractivity contribution in [3.05, 3.63) is 55.6 Å². The summed E-state index contributed by atoms with van der Waals surface area (Å²) in [5, 5.41) is 0. The highest BCUT2D eigenvalue weighted by molar-refractivity contribution is 9.11. The first-order chi connectivity index (χ1) is 11.5. The van der Waals surface area contributed by atoms with Gasteiger partial charge in [-0.1, -0.05) is 12.1 Å². The van der Waals surface area contributed by atoms with Gasteiger partial charge in [0.05, 0.1) is 14.2 Å². The number of aryl methyl sites for hydroxylation is 1. The molecule has 0 bridgehead atoms. The Hall–Kier alpha value is -2.39. The van der Waals surface area contributed by atoms with E-state index in [2.05, 4.69) is 26.8 Å². The Morgan fingerprint density at radius 3 is 2.71 bits per heavy atom. The molecule has 0 atom stereocenters. The van der Waals surface area contributed by atoms with Crippen LogP contribution in [-0.4, -0.2) is 16.4 Å². The van der Waals surface area contributed by atoms with E-state index in [4.69, 9.17) is 4.42 Å². The summed E-state index contributed by atoms with van der Waals surface area (Å²) in [5.41, 5.74) is 5.76. The number of hydrazine groups is 1. The van der Waals surface area contributed by atoms with Crippen LogP contribution in [0.15, 0.2) is 49.4 Å². The number of hydrogen-bond donors (Lipinski definition) is 2. The zero-order valence-corrected chi connectivity index (χ0v) is 14.6. The predicted octanol–water partition coefficient (Wildman–Crippen LogP) is 2.27. The highest BCUT2D eigenvalue weighted by Crippen LogP contribution is 2.21. The molecule has 0 saturated heterocycles. The van der Waals surface area contributed by atoms with Gasteiger partial charge >= 0.3 is 5.76 Å². The van der Waals surface area contributed by atoms with Crippen molar-refractivity contribution in [3.63, 3.8) is 0 Å². The van der Waals surface area contributed by atoms with Gasteiger partial charge in [-0.3, -0.25) is 25.0 Å². The number of para-hydroxylation sites is 2. The average molecular weight is 410 g/mol. The van der Waals surface area contributed by atoms with E-state index in [0.717, 1.165) is 3.79 Å². The molecular formula is C15H12BrN3O4S. The van der Waals surface area contributed by atoms with Gasteiger partial charge in [0, 0.05) is 13.0 Å². The molecule has 0 unspecified atom stereocenters. The summed E-state index contributed by atoms with van der Waals surface area (Å²) in [6.07, 6.45) is 0.0256. The van der Waals surface area contributed by atoms with Crippen LogP contribution in [0, 0.1) is 0 Å². The molecule has 124 valence electrons. The second-order valence-corrected chi connectivity index (χ2v) is 7.31. The van der Waals surface area contributed by atoms with E-state index >= 15 is 0 Å². The highest BCUT2D eigenvalue weighted by Gasteiger charge is 2.12. The van der Waals surface area contributed by atoms with Crippen molar-refractivity contribution in [1.29, 1.82) is 0 Å². The Morgan fingerprint density at radius 1 is 1.17 bits per heavy atom. The number of aromatic nitrogens is 1. The number of oxazole rings is 1. The normalized spacial score (nSPS) is 10.7. The number of thiophene rings is 1. The summed E-state index contributed by atoms with van der Waals surface area (Å²) in [7, 11) is 0. The molecule has 7 nitrogen and oxygen atoms in total. The zero-order valence-electron chi connectivity index (χ0n) is 12.2. The lowest BCUT2D eigenvalue weighted by Gasteiger charge is -2.06. The molecule has 2 amide bonds. The van der Waals surface area contributed by atoms with Gasteiger partial charge in [0.15, 0.2) is 5.58 Å². The molecule has 0 aliphatic rings. The minimum atomic E-state index is -0.517. The summed E-state index contributed by atoms with van der Waals surface area (Å²) in [6.45, 7) is 0.155. The molecule has 2 N–H and O–H groups in total. The minimum Gasteiger partial charge on any atom is -0.408 e. The number of carbonyl (C=O) groups is 2. The zero-order chi connectivity index (χ0) is 17.1. The number of rotatable bonds is 4. The van der Waals surface area contributed by atoms with E-state index in [0.29, 0.717) is 16.0 Å².